The molecule has 2 aromatic heterocycles. The van der Waals surface area contributed by atoms with Crippen LogP contribution in [0.1, 0.15) is 39.7 Å². The van der Waals surface area contributed by atoms with Gasteiger partial charge in [-0.25, -0.2) is 14.4 Å². The molecule has 162 valence electrons. The standard InChI is InChI=1S/C22H23FN4O3S/c1-29-19-11-20(24)26-12-17(19)14-4-7-27(8-5-14)22(28)16-3-2-15(10-18(16)23)30-13-21-25-6-9-31-21/h2-3,6,9-12,14H,4-5,7-8,13H2,1H3,(H2,24,26). The summed E-state index contributed by atoms with van der Waals surface area (Å²) in [6.07, 6.45) is 4.91. The van der Waals surface area contributed by atoms with Gasteiger partial charge in [0.2, 0.25) is 0 Å². The monoisotopic (exact) mass is 442 g/mol. The summed E-state index contributed by atoms with van der Waals surface area (Å²) in [5, 5.41) is 2.65. The molecule has 2 N–H and O–H groups in total. The van der Waals surface area contributed by atoms with Gasteiger partial charge in [-0.05, 0) is 30.9 Å². The van der Waals surface area contributed by atoms with Crippen LogP contribution in [-0.4, -0.2) is 41.0 Å². The van der Waals surface area contributed by atoms with Gasteiger partial charge >= 0.3 is 0 Å². The average Bonchev–Trinajstić information content (AvgIpc) is 3.31. The molecule has 3 aromatic rings. The van der Waals surface area contributed by atoms with Crippen molar-refractivity contribution in [3.63, 3.8) is 0 Å². The average molecular weight is 443 g/mol. The van der Waals surface area contributed by atoms with Gasteiger partial charge in [0.25, 0.3) is 5.91 Å². The maximum Gasteiger partial charge on any atom is 0.256 e. The van der Waals surface area contributed by atoms with Crippen LogP contribution in [0.4, 0.5) is 10.2 Å². The number of methoxy groups -OCH3 is 1. The van der Waals surface area contributed by atoms with Crippen LogP contribution >= 0.6 is 11.3 Å². The summed E-state index contributed by atoms with van der Waals surface area (Å²) in [7, 11) is 1.60. The number of benzene rings is 1. The van der Waals surface area contributed by atoms with Crippen LogP contribution in [0, 0.1) is 5.82 Å². The van der Waals surface area contributed by atoms with Gasteiger partial charge < -0.3 is 20.1 Å². The van der Waals surface area contributed by atoms with Gasteiger partial charge in [0.15, 0.2) is 0 Å². The number of amides is 1. The summed E-state index contributed by atoms with van der Waals surface area (Å²) in [6, 6.07) is 6.05. The third-order valence-electron chi connectivity index (χ3n) is 5.37. The van der Waals surface area contributed by atoms with Crippen LogP contribution in [0.15, 0.2) is 42.0 Å². The quantitative estimate of drug-likeness (QED) is 0.623. The number of likely N-dealkylation sites (tertiary alicyclic amines) is 1. The Morgan fingerprint density at radius 1 is 1.29 bits per heavy atom. The van der Waals surface area contributed by atoms with E-state index in [-0.39, 0.29) is 24.0 Å². The van der Waals surface area contributed by atoms with Crippen molar-refractivity contribution in [3.05, 3.63) is 64.0 Å². The van der Waals surface area contributed by atoms with Crippen molar-refractivity contribution in [2.24, 2.45) is 0 Å². The number of anilines is 1. The molecular weight excluding hydrogens is 419 g/mol. The first-order chi connectivity index (χ1) is 15.0. The molecular formula is C22H23FN4O3S. The van der Waals surface area contributed by atoms with Gasteiger partial charge in [-0.15, -0.1) is 11.3 Å². The summed E-state index contributed by atoms with van der Waals surface area (Å²) in [4.78, 5) is 22.8. The van der Waals surface area contributed by atoms with Crippen molar-refractivity contribution in [2.75, 3.05) is 25.9 Å². The summed E-state index contributed by atoms with van der Waals surface area (Å²) in [5.74, 6) is 0.780. The van der Waals surface area contributed by atoms with Crippen LogP contribution in [0.3, 0.4) is 0 Å². The lowest BCUT2D eigenvalue weighted by atomic mass is 9.89. The minimum absolute atomic E-state index is 0.0479. The van der Waals surface area contributed by atoms with Gasteiger partial charge in [-0.1, -0.05) is 0 Å². The number of piperidine rings is 1. The molecule has 31 heavy (non-hydrogen) atoms. The van der Waals surface area contributed by atoms with Crippen molar-refractivity contribution in [1.82, 2.24) is 14.9 Å². The molecule has 1 saturated heterocycles. The first-order valence-corrected chi connectivity index (χ1v) is 10.8. The first-order valence-electron chi connectivity index (χ1n) is 9.94. The van der Waals surface area contributed by atoms with E-state index in [9.17, 15) is 9.18 Å². The van der Waals surface area contributed by atoms with Crippen LogP contribution < -0.4 is 15.2 Å². The van der Waals surface area contributed by atoms with Crippen molar-refractivity contribution >= 4 is 23.1 Å². The zero-order chi connectivity index (χ0) is 21.8. The van der Waals surface area contributed by atoms with E-state index >= 15 is 0 Å². The topological polar surface area (TPSA) is 90.6 Å². The Balaban J connectivity index is 1.38. The number of hydrogen-bond donors (Lipinski definition) is 1. The number of thiazole rings is 1. The minimum Gasteiger partial charge on any atom is -0.496 e. The predicted molar refractivity (Wildman–Crippen MR) is 116 cm³/mol. The highest BCUT2D eigenvalue weighted by molar-refractivity contribution is 7.09. The largest absolute Gasteiger partial charge is 0.496 e. The zero-order valence-electron chi connectivity index (χ0n) is 17.1. The molecule has 0 radical (unpaired) electrons. The fourth-order valence-electron chi connectivity index (χ4n) is 3.74. The number of nitrogen functional groups attached to an aromatic ring is 1. The van der Waals surface area contributed by atoms with Gasteiger partial charge in [-0.2, -0.15) is 0 Å². The smallest absolute Gasteiger partial charge is 0.256 e. The lowest BCUT2D eigenvalue weighted by molar-refractivity contribution is 0.0707. The SMILES string of the molecule is COc1cc(N)ncc1C1CCN(C(=O)c2ccc(OCc3nccs3)cc2F)CC1. The molecule has 7 nitrogen and oxygen atoms in total. The van der Waals surface area contributed by atoms with Gasteiger partial charge in [0.05, 0.1) is 12.7 Å². The van der Waals surface area contributed by atoms with E-state index in [0.717, 1.165) is 23.4 Å². The molecule has 4 rings (SSSR count). The van der Waals surface area contributed by atoms with E-state index in [1.165, 1.54) is 23.5 Å². The highest BCUT2D eigenvalue weighted by atomic mass is 32.1. The predicted octanol–water partition coefficient (Wildman–Crippen LogP) is 3.87. The van der Waals surface area contributed by atoms with E-state index < -0.39 is 5.82 Å². The molecule has 0 atom stereocenters. The Bertz CT molecular complexity index is 1050. The van der Waals surface area contributed by atoms with Gasteiger partial charge in [0, 0.05) is 48.6 Å². The minimum atomic E-state index is -0.590. The molecule has 1 aliphatic rings. The molecule has 9 heteroatoms. The third-order valence-corrected chi connectivity index (χ3v) is 6.13. The van der Waals surface area contributed by atoms with Gasteiger partial charge in [0.1, 0.15) is 34.7 Å². The van der Waals surface area contributed by atoms with Crippen LogP contribution in [0.25, 0.3) is 0 Å². The number of nitrogens with two attached hydrogens (primary N) is 1. The van der Waals surface area contributed by atoms with E-state index in [1.807, 2.05) is 5.38 Å². The van der Waals surface area contributed by atoms with Crippen molar-refractivity contribution < 1.29 is 18.7 Å². The molecule has 0 saturated carbocycles. The Hall–Kier alpha value is -3.20. The number of aromatic nitrogens is 2. The van der Waals surface area contributed by atoms with E-state index in [4.69, 9.17) is 15.2 Å². The number of nitrogens with zero attached hydrogens (tertiary/aromatic N) is 3. The van der Waals surface area contributed by atoms with Gasteiger partial charge in [-0.3, -0.25) is 4.79 Å². The Labute approximate surface area is 183 Å². The van der Waals surface area contributed by atoms with E-state index in [1.54, 1.807) is 36.5 Å². The number of hydrogen-bond acceptors (Lipinski definition) is 7. The molecule has 1 amide bonds. The first kappa shape index (κ1) is 21.0. The molecule has 0 bridgehead atoms. The summed E-state index contributed by atoms with van der Waals surface area (Å²) in [5.41, 5.74) is 6.77. The Morgan fingerprint density at radius 2 is 2.10 bits per heavy atom. The van der Waals surface area contributed by atoms with Crippen LogP contribution in [0.5, 0.6) is 11.5 Å². The third kappa shape index (κ3) is 4.77. The second kappa shape index (κ2) is 9.30. The maximum atomic E-state index is 14.6. The summed E-state index contributed by atoms with van der Waals surface area (Å²) < 4.78 is 25.6. The number of pyridine rings is 1. The molecule has 0 spiro atoms. The number of carbonyl (C=O) groups excluding carboxylic acids is 1. The molecule has 0 unspecified atom stereocenters. The number of ether oxygens (including phenoxy) is 2. The van der Waals surface area contributed by atoms with E-state index in [2.05, 4.69) is 9.97 Å². The van der Waals surface area contributed by atoms with Crippen molar-refractivity contribution in [3.8, 4) is 11.5 Å². The van der Waals surface area contributed by atoms with Crippen LogP contribution in [0.2, 0.25) is 0 Å². The zero-order valence-corrected chi connectivity index (χ0v) is 17.9. The Kier molecular flexibility index (Phi) is 6.31. The van der Waals surface area contributed by atoms with Crippen molar-refractivity contribution in [2.45, 2.75) is 25.4 Å². The normalized spacial score (nSPS) is 14.5. The second-order valence-electron chi connectivity index (χ2n) is 7.27. The lowest BCUT2D eigenvalue weighted by Crippen LogP contribution is -2.38. The summed E-state index contributed by atoms with van der Waals surface area (Å²) in [6.45, 7) is 1.32. The molecule has 1 aliphatic heterocycles. The lowest BCUT2D eigenvalue weighted by Gasteiger charge is -2.32. The highest BCUT2D eigenvalue weighted by Gasteiger charge is 2.28. The second-order valence-corrected chi connectivity index (χ2v) is 8.25. The Morgan fingerprint density at radius 3 is 2.77 bits per heavy atom. The fraction of sp³-hybridized carbons (Fsp3) is 0.318. The maximum absolute atomic E-state index is 14.6. The van der Waals surface area contributed by atoms with E-state index in [0.29, 0.717) is 30.4 Å². The van der Waals surface area contributed by atoms with Crippen molar-refractivity contribution in [1.29, 1.82) is 0 Å². The molecule has 1 fully saturated rings. The molecule has 0 aliphatic carbocycles. The fourth-order valence-corrected chi connectivity index (χ4v) is 4.27. The number of halogens is 1. The molecule has 3 heterocycles. The molecule has 1 aromatic carbocycles. The van der Waals surface area contributed by atoms with Crippen LogP contribution in [-0.2, 0) is 6.61 Å². The number of rotatable bonds is 6. The summed E-state index contributed by atoms with van der Waals surface area (Å²) >= 11 is 1.47. The number of carbonyl (C=O) groups is 1. The highest BCUT2D eigenvalue weighted by Crippen LogP contribution is 2.35.